The minimum absolute atomic E-state index is 0.0816. The van der Waals surface area contributed by atoms with Gasteiger partial charge in [-0.1, -0.05) is 12.1 Å². The standard InChI is InChI=1S/C11H13N3O/c12-7-5-11(15)14-8-6-9-1-3-10(13)4-2-9/h1-4H,5-6,8,13H2,(H,14,15). The number of nitrogens with two attached hydrogens (primary N) is 1. The van der Waals surface area contributed by atoms with Crippen LogP contribution in [0.1, 0.15) is 12.0 Å². The number of carbonyl (C=O) groups is 1. The van der Waals surface area contributed by atoms with Crippen molar-refractivity contribution >= 4 is 11.6 Å². The molecule has 4 heteroatoms. The minimum Gasteiger partial charge on any atom is -0.399 e. The normalized spacial score (nSPS) is 9.27. The van der Waals surface area contributed by atoms with Crippen LogP contribution in [0.4, 0.5) is 5.69 Å². The summed E-state index contributed by atoms with van der Waals surface area (Å²) in [4.78, 5) is 10.9. The van der Waals surface area contributed by atoms with Gasteiger partial charge in [0.15, 0.2) is 0 Å². The van der Waals surface area contributed by atoms with Gasteiger partial charge in [-0.15, -0.1) is 0 Å². The zero-order chi connectivity index (χ0) is 11.1. The fraction of sp³-hybridized carbons (Fsp3) is 0.273. The third kappa shape index (κ3) is 4.14. The SMILES string of the molecule is N#CCC(=O)NCCc1ccc(N)cc1. The average molecular weight is 203 g/mol. The summed E-state index contributed by atoms with van der Waals surface area (Å²) in [5.41, 5.74) is 7.38. The van der Waals surface area contributed by atoms with Gasteiger partial charge in [0.2, 0.25) is 5.91 Å². The molecule has 0 bridgehead atoms. The predicted octanol–water partition coefficient (Wildman–Crippen LogP) is 0.841. The summed E-state index contributed by atoms with van der Waals surface area (Å²) in [7, 11) is 0. The summed E-state index contributed by atoms with van der Waals surface area (Å²) in [6.45, 7) is 0.546. The maximum absolute atomic E-state index is 10.9. The molecule has 0 aliphatic heterocycles. The fourth-order valence-corrected chi connectivity index (χ4v) is 1.16. The molecule has 0 aliphatic rings. The largest absolute Gasteiger partial charge is 0.399 e. The molecule has 0 fully saturated rings. The summed E-state index contributed by atoms with van der Waals surface area (Å²) < 4.78 is 0. The zero-order valence-corrected chi connectivity index (χ0v) is 8.36. The first-order valence-corrected chi connectivity index (χ1v) is 4.70. The summed E-state index contributed by atoms with van der Waals surface area (Å²) in [6, 6.07) is 9.29. The van der Waals surface area contributed by atoms with Crippen molar-refractivity contribution in [2.45, 2.75) is 12.8 Å². The van der Waals surface area contributed by atoms with Crippen LogP contribution in [-0.4, -0.2) is 12.5 Å². The van der Waals surface area contributed by atoms with E-state index in [0.717, 1.165) is 17.7 Å². The van der Waals surface area contributed by atoms with Crippen molar-refractivity contribution in [1.82, 2.24) is 5.32 Å². The summed E-state index contributed by atoms with van der Waals surface area (Å²) in [6.07, 6.45) is 0.666. The molecule has 3 N–H and O–H groups in total. The topological polar surface area (TPSA) is 78.9 Å². The van der Waals surface area contributed by atoms with E-state index in [1.807, 2.05) is 24.3 Å². The molecule has 15 heavy (non-hydrogen) atoms. The van der Waals surface area contributed by atoms with Gasteiger partial charge in [-0.05, 0) is 24.1 Å². The van der Waals surface area contributed by atoms with Crippen molar-refractivity contribution in [3.8, 4) is 6.07 Å². The fourth-order valence-electron chi connectivity index (χ4n) is 1.16. The van der Waals surface area contributed by atoms with E-state index in [2.05, 4.69) is 5.32 Å². The number of nitrogen functional groups attached to an aromatic ring is 1. The highest BCUT2D eigenvalue weighted by atomic mass is 16.1. The number of carbonyl (C=O) groups excluding carboxylic acids is 1. The van der Waals surface area contributed by atoms with Gasteiger partial charge in [0.1, 0.15) is 6.42 Å². The van der Waals surface area contributed by atoms with E-state index in [0.29, 0.717) is 6.54 Å². The monoisotopic (exact) mass is 203 g/mol. The number of benzene rings is 1. The molecule has 0 heterocycles. The highest BCUT2D eigenvalue weighted by Crippen LogP contribution is 2.05. The maximum atomic E-state index is 10.9. The lowest BCUT2D eigenvalue weighted by atomic mass is 10.1. The van der Waals surface area contributed by atoms with Crippen LogP contribution < -0.4 is 11.1 Å². The van der Waals surface area contributed by atoms with E-state index in [-0.39, 0.29) is 12.3 Å². The first-order chi connectivity index (χ1) is 7.22. The number of nitriles is 1. The zero-order valence-electron chi connectivity index (χ0n) is 8.36. The number of hydrogen-bond acceptors (Lipinski definition) is 3. The molecule has 0 saturated carbocycles. The quantitative estimate of drug-likeness (QED) is 0.712. The number of nitrogens with zero attached hydrogens (tertiary/aromatic N) is 1. The van der Waals surface area contributed by atoms with Crippen molar-refractivity contribution in [2.24, 2.45) is 0 Å². The molecule has 1 aromatic rings. The van der Waals surface area contributed by atoms with Gasteiger partial charge in [0.05, 0.1) is 6.07 Å². The van der Waals surface area contributed by atoms with Crippen molar-refractivity contribution in [1.29, 1.82) is 5.26 Å². The van der Waals surface area contributed by atoms with Gasteiger partial charge in [0, 0.05) is 12.2 Å². The van der Waals surface area contributed by atoms with Crippen LogP contribution in [-0.2, 0) is 11.2 Å². The average Bonchev–Trinajstić information content (AvgIpc) is 2.21. The first-order valence-electron chi connectivity index (χ1n) is 4.70. The van der Waals surface area contributed by atoms with Crippen LogP contribution in [0.3, 0.4) is 0 Å². The first kappa shape index (κ1) is 11.1. The van der Waals surface area contributed by atoms with Crippen molar-refractivity contribution < 1.29 is 4.79 Å². The van der Waals surface area contributed by atoms with Gasteiger partial charge >= 0.3 is 0 Å². The number of hydrogen-bond donors (Lipinski definition) is 2. The lowest BCUT2D eigenvalue weighted by molar-refractivity contribution is -0.120. The smallest absolute Gasteiger partial charge is 0.234 e. The second-order valence-electron chi connectivity index (χ2n) is 3.18. The van der Waals surface area contributed by atoms with Crippen molar-refractivity contribution in [2.75, 3.05) is 12.3 Å². The molecule has 4 nitrogen and oxygen atoms in total. The molecule has 0 spiro atoms. The Morgan fingerprint density at radius 3 is 2.67 bits per heavy atom. The van der Waals surface area contributed by atoms with Crippen molar-refractivity contribution in [3.63, 3.8) is 0 Å². The molecule has 0 aliphatic carbocycles. The lowest BCUT2D eigenvalue weighted by Gasteiger charge is -2.03. The Labute approximate surface area is 88.7 Å². The van der Waals surface area contributed by atoms with Crippen LogP contribution in [0.15, 0.2) is 24.3 Å². The Morgan fingerprint density at radius 2 is 2.07 bits per heavy atom. The lowest BCUT2D eigenvalue weighted by Crippen LogP contribution is -2.24. The number of rotatable bonds is 4. The molecular formula is C11H13N3O. The van der Waals surface area contributed by atoms with Gasteiger partial charge < -0.3 is 11.1 Å². The summed E-state index contributed by atoms with van der Waals surface area (Å²) >= 11 is 0. The highest BCUT2D eigenvalue weighted by Gasteiger charge is 1.98. The van der Waals surface area contributed by atoms with Crippen LogP contribution >= 0.6 is 0 Å². The number of anilines is 1. The molecule has 0 saturated heterocycles. The molecule has 1 rings (SSSR count). The second kappa shape index (κ2) is 5.66. The van der Waals surface area contributed by atoms with Crippen LogP contribution in [0.2, 0.25) is 0 Å². The van der Waals surface area contributed by atoms with Crippen molar-refractivity contribution in [3.05, 3.63) is 29.8 Å². The summed E-state index contributed by atoms with van der Waals surface area (Å²) in [5, 5.41) is 10.9. The Balaban J connectivity index is 2.29. The highest BCUT2D eigenvalue weighted by molar-refractivity contribution is 5.77. The second-order valence-corrected chi connectivity index (χ2v) is 3.18. The number of amides is 1. The van der Waals surface area contributed by atoms with Gasteiger partial charge in [-0.3, -0.25) is 4.79 Å². The number of nitrogens with one attached hydrogen (secondary N) is 1. The molecule has 0 radical (unpaired) electrons. The van der Waals surface area contributed by atoms with Gasteiger partial charge in [-0.2, -0.15) is 5.26 Å². The molecular weight excluding hydrogens is 190 g/mol. The Bertz CT molecular complexity index is 364. The molecule has 78 valence electrons. The van der Waals surface area contributed by atoms with E-state index in [4.69, 9.17) is 11.0 Å². The Kier molecular flexibility index (Phi) is 4.17. The maximum Gasteiger partial charge on any atom is 0.234 e. The Hall–Kier alpha value is -2.02. The van der Waals surface area contributed by atoms with Gasteiger partial charge in [0.25, 0.3) is 0 Å². The van der Waals surface area contributed by atoms with E-state index in [1.54, 1.807) is 6.07 Å². The van der Waals surface area contributed by atoms with E-state index < -0.39 is 0 Å². The molecule has 1 amide bonds. The molecule has 1 aromatic carbocycles. The molecule has 0 unspecified atom stereocenters. The molecule has 0 aromatic heterocycles. The Morgan fingerprint density at radius 1 is 1.40 bits per heavy atom. The van der Waals surface area contributed by atoms with E-state index in [9.17, 15) is 4.79 Å². The van der Waals surface area contributed by atoms with E-state index in [1.165, 1.54) is 0 Å². The minimum atomic E-state index is -0.229. The van der Waals surface area contributed by atoms with Gasteiger partial charge in [-0.25, -0.2) is 0 Å². The van der Waals surface area contributed by atoms with E-state index >= 15 is 0 Å². The summed E-state index contributed by atoms with van der Waals surface area (Å²) in [5.74, 6) is -0.229. The van der Waals surface area contributed by atoms with Crippen LogP contribution in [0.25, 0.3) is 0 Å². The predicted molar refractivity (Wildman–Crippen MR) is 57.8 cm³/mol. The van der Waals surface area contributed by atoms with Crippen LogP contribution in [0.5, 0.6) is 0 Å². The van der Waals surface area contributed by atoms with Crippen LogP contribution in [0, 0.1) is 11.3 Å². The third-order valence-electron chi connectivity index (χ3n) is 1.96. The third-order valence-corrected chi connectivity index (χ3v) is 1.96. The molecule has 0 atom stereocenters.